The smallest absolute Gasteiger partial charge is 0.385 e. The lowest BCUT2D eigenvalue weighted by Gasteiger charge is -2.48. The summed E-state index contributed by atoms with van der Waals surface area (Å²) in [5.41, 5.74) is 11.3. The van der Waals surface area contributed by atoms with Crippen molar-refractivity contribution in [3.8, 4) is 0 Å². The van der Waals surface area contributed by atoms with Gasteiger partial charge < -0.3 is 30.6 Å². The average molecular weight is 597 g/mol. The van der Waals surface area contributed by atoms with Crippen molar-refractivity contribution in [3.63, 3.8) is 0 Å². The molecule has 3 aliphatic rings. The van der Waals surface area contributed by atoms with Crippen LogP contribution in [0.2, 0.25) is 0 Å². The van der Waals surface area contributed by atoms with Gasteiger partial charge in [0.1, 0.15) is 37.0 Å². The predicted octanol–water partition coefficient (Wildman–Crippen LogP) is -0.383. The van der Waals surface area contributed by atoms with Gasteiger partial charge in [0, 0.05) is 19.5 Å². The lowest BCUT2D eigenvalue weighted by atomic mass is 9.94. The number of nitrogens with two attached hydrogens (primary N) is 2. The van der Waals surface area contributed by atoms with E-state index in [0.717, 1.165) is 4.57 Å². The molecule has 4 aromatic rings. The molecule has 9 unspecified atom stereocenters. The van der Waals surface area contributed by atoms with Gasteiger partial charge in [0.15, 0.2) is 41.3 Å². The fraction of sp³-hybridized carbons (Fsp3) is 0.474. The van der Waals surface area contributed by atoms with Crippen molar-refractivity contribution in [2.24, 2.45) is 5.92 Å². The second kappa shape index (κ2) is 9.39. The molecule has 3 fully saturated rings. The summed E-state index contributed by atoms with van der Waals surface area (Å²) in [6.45, 7) is -0.293. The molecular weight excluding hydrogens is 577 g/mol. The molecule has 40 heavy (non-hydrogen) atoms. The molecule has 6 N–H and O–H groups in total. The number of halogens is 1. The fourth-order valence-electron chi connectivity index (χ4n) is 4.93. The molecule has 0 radical (unpaired) electrons. The molecule has 210 valence electrons. The minimum Gasteiger partial charge on any atom is -0.385 e. The van der Waals surface area contributed by atoms with E-state index in [2.05, 4.69) is 29.9 Å². The number of H-pyrrole nitrogens is 1. The molecule has 9 atom stereocenters. The number of fused-ring (bicyclic) bond motifs is 5. The summed E-state index contributed by atoms with van der Waals surface area (Å²) in [6, 6.07) is 0. The second-order valence-electron chi connectivity index (χ2n) is 9.13. The number of nitrogens with one attached hydrogen (secondary N) is 1. The molecule has 21 heteroatoms. The summed E-state index contributed by atoms with van der Waals surface area (Å²) in [5.74, 6) is -3.35. The van der Waals surface area contributed by atoms with E-state index in [1.54, 1.807) is 0 Å². The van der Waals surface area contributed by atoms with Gasteiger partial charge in [0.2, 0.25) is 5.95 Å². The number of hydrogen-bond acceptors (Lipinski definition) is 15. The van der Waals surface area contributed by atoms with Gasteiger partial charge in [-0.25, -0.2) is 19.9 Å². The van der Waals surface area contributed by atoms with Gasteiger partial charge in [-0.15, -0.1) is 9.05 Å². The van der Waals surface area contributed by atoms with Crippen LogP contribution in [0.5, 0.6) is 0 Å². The molecule has 0 aromatic carbocycles. The van der Waals surface area contributed by atoms with E-state index >= 15 is 4.39 Å². The topological polar surface area (TPSA) is 243 Å². The zero-order valence-corrected chi connectivity index (χ0v) is 21.9. The maximum Gasteiger partial charge on any atom is 0.698 e. The van der Waals surface area contributed by atoms with Crippen LogP contribution in [0.4, 0.5) is 16.2 Å². The van der Waals surface area contributed by atoms with Crippen LogP contribution in [0.1, 0.15) is 6.23 Å². The largest absolute Gasteiger partial charge is 0.698 e. The van der Waals surface area contributed by atoms with Gasteiger partial charge in [-0.3, -0.25) is 18.9 Å². The Kier molecular flexibility index (Phi) is 6.03. The minimum absolute atomic E-state index is 0.0390. The zero-order valence-electron chi connectivity index (χ0n) is 20.0. The Hall–Kier alpha value is -3.28. The average Bonchev–Trinajstić information content (AvgIpc) is 3.61. The number of aliphatic hydroxyl groups is 1. The van der Waals surface area contributed by atoms with Gasteiger partial charge >= 0.3 is 14.2 Å². The number of anilines is 2. The summed E-state index contributed by atoms with van der Waals surface area (Å²) >= 11 is 0. The van der Waals surface area contributed by atoms with E-state index in [0.29, 0.717) is 0 Å². The fourth-order valence-corrected chi connectivity index (χ4v) is 6.83. The number of ether oxygens (including phenoxy) is 2. The van der Waals surface area contributed by atoms with Gasteiger partial charge in [0.05, 0.1) is 12.2 Å². The molecule has 7 heterocycles. The van der Waals surface area contributed by atoms with Crippen LogP contribution in [0.25, 0.3) is 22.3 Å². The Bertz CT molecular complexity index is 1700. The highest BCUT2D eigenvalue weighted by Crippen LogP contribution is 2.51. The Labute approximate surface area is 224 Å². The van der Waals surface area contributed by atoms with Crippen LogP contribution in [-0.4, -0.2) is 81.5 Å². The molecule has 2 bridgehead atoms. The molecule has 7 rings (SSSR count). The van der Waals surface area contributed by atoms with Crippen molar-refractivity contribution < 1.29 is 37.1 Å². The van der Waals surface area contributed by atoms with Gasteiger partial charge in [-0.2, -0.15) is 9.37 Å². The number of hydrogen-bond donors (Lipinski definition) is 4. The summed E-state index contributed by atoms with van der Waals surface area (Å²) in [6.07, 6.45) is -2.27. The number of aromatic nitrogens is 8. The van der Waals surface area contributed by atoms with Crippen LogP contribution in [-0.2, 0) is 33.6 Å². The van der Waals surface area contributed by atoms with Crippen molar-refractivity contribution >= 4 is 51.2 Å². The SMILES string of the molecule is Nc1nc2c(ncn2C2OC3OPCC4C(CO[P+](=O)OC2C3O)OC4(F)n2cnc3c(N)ncnc32)c(=O)[nH]1. The monoisotopic (exact) mass is 597 g/mol. The molecule has 4 aromatic heterocycles. The Balaban J connectivity index is 1.17. The van der Waals surface area contributed by atoms with Crippen LogP contribution in [0.3, 0.4) is 0 Å². The number of aliphatic hydroxyl groups excluding tert-OH is 1. The predicted molar refractivity (Wildman–Crippen MR) is 132 cm³/mol. The van der Waals surface area contributed by atoms with Crippen molar-refractivity contribution in [2.45, 2.75) is 36.8 Å². The maximum absolute atomic E-state index is 16.3. The van der Waals surface area contributed by atoms with E-state index < -0.39 is 56.5 Å². The summed E-state index contributed by atoms with van der Waals surface area (Å²) in [4.78, 5) is 34.7. The molecular formula is C19H20FN10O8P2+. The number of nitrogen functional groups attached to an aromatic ring is 2. The summed E-state index contributed by atoms with van der Waals surface area (Å²) in [5, 5.41) is 11.0. The molecule has 0 amide bonds. The minimum atomic E-state index is -2.86. The highest BCUT2D eigenvalue weighted by molar-refractivity contribution is 7.33. The quantitative estimate of drug-likeness (QED) is 0.215. The third-order valence-corrected chi connectivity index (χ3v) is 8.64. The van der Waals surface area contributed by atoms with Crippen LogP contribution >= 0.6 is 17.1 Å². The Morgan fingerprint density at radius 1 is 1.20 bits per heavy atom. The number of nitrogens with zero attached hydrogens (tertiary/aromatic N) is 7. The highest BCUT2D eigenvalue weighted by atomic mass is 31.1. The molecule has 0 saturated carbocycles. The number of alkyl halides is 1. The van der Waals surface area contributed by atoms with Crippen molar-refractivity contribution in [1.29, 1.82) is 0 Å². The van der Waals surface area contributed by atoms with Gasteiger partial charge in [0.25, 0.3) is 5.56 Å². The number of rotatable bonds is 2. The first kappa shape index (κ1) is 25.7. The van der Waals surface area contributed by atoms with E-state index in [1.165, 1.54) is 23.5 Å². The van der Waals surface area contributed by atoms with Crippen molar-refractivity contribution in [3.05, 3.63) is 29.3 Å². The van der Waals surface area contributed by atoms with Crippen LogP contribution < -0.4 is 17.0 Å². The van der Waals surface area contributed by atoms with Crippen LogP contribution in [0, 0.1) is 5.92 Å². The van der Waals surface area contributed by atoms with Crippen molar-refractivity contribution in [1.82, 2.24) is 39.0 Å². The van der Waals surface area contributed by atoms with E-state index in [9.17, 15) is 14.5 Å². The first-order valence-electron chi connectivity index (χ1n) is 11.8. The first-order chi connectivity index (χ1) is 19.2. The standard InChI is InChI=1S/C19H19FN10O8P2/c20-19(30-5-26-8-12(21)23-3-24-13(8)30)6-2-39-37-17-10(31)11(38-40(33)34-1-7(6)36-19)16(35-17)29-4-25-9-14(29)27-18(22)28-15(9)32/h3-7,10-11,16-17,31,39H,1-2H2,(H4-,21,22,23,24,27,28,32)/p+1. The van der Waals surface area contributed by atoms with E-state index in [4.69, 9.17) is 34.5 Å². The van der Waals surface area contributed by atoms with E-state index in [-0.39, 0.29) is 55.7 Å². The third-order valence-electron chi connectivity index (χ3n) is 6.86. The van der Waals surface area contributed by atoms with Crippen molar-refractivity contribution in [2.75, 3.05) is 24.2 Å². The summed E-state index contributed by atoms with van der Waals surface area (Å²) in [7, 11) is -3.24. The molecule has 3 aliphatic heterocycles. The molecule has 0 aliphatic carbocycles. The first-order valence-corrected chi connectivity index (χ1v) is 14.0. The maximum atomic E-state index is 16.3. The molecule has 3 saturated heterocycles. The van der Waals surface area contributed by atoms with E-state index in [1.807, 2.05) is 0 Å². The highest BCUT2D eigenvalue weighted by Gasteiger charge is 2.61. The van der Waals surface area contributed by atoms with Crippen LogP contribution in [0.15, 0.2) is 23.8 Å². The third kappa shape index (κ3) is 3.89. The number of aromatic amines is 1. The summed E-state index contributed by atoms with van der Waals surface area (Å²) < 4.78 is 59.6. The lowest BCUT2D eigenvalue weighted by Crippen LogP contribution is -2.60. The lowest BCUT2D eigenvalue weighted by molar-refractivity contribution is -0.375. The Morgan fingerprint density at radius 3 is 2.88 bits per heavy atom. The van der Waals surface area contributed by atoms with Gasteiger partial charge in [-0.05, 0) is 0 Å². The molecule has 18 nitrogen and oxygen atoms in total. The normalized spacial score (nSPS) is 34.4. The number of imidazole rings is 2. The zero-order chi connectivity index (χ0) is 27.8. The molecule has 0 spiro atoms. The second-order valence-corrected chi connectivity index (χ2v) is 11.0. The Morgan fingerprint density at radius 2 is 2.02 bits per heavy atom. The van der Waals surface area contributed by atoms with Gasteiger partial charge in [-0.1, -0.05) is 0 Å².